The van der Waals surface area contributed by atoms with E-state index in [1.54, 1.807) is 40.1 Å². The predicted molar refractivity (Wildman–Crippen MR) is 131 cm³/mol. The van der Waals surface area contributed by atoms with E-state index < -0.39 is 34.9 Å². The first-order chi connectivity index (χ1) is 17.4. The minimum atomic E-state index is -1.02. The van der Waals surface area contributed by atoms with Gasteiger partial charge in [0.2, 0.25) is 0 Å². The number of halogens is 2. The highest BCUT2D eigenvalue weighted by Gasteiger charge is 2.34. The molecule has 1 saturated heterocycles. The van der Waals surface area contributed by atoms with Gasteiger partial charge in [-0.25, -0.2) is 23.5 Å². The van der Waals surface area contributed by atoms with Gasteiger partial charge in [-0.2, -0.15) is 0 Å². The summed E-state index contributed by atoms with van der Waals surface area (Å²) in [5.41, 5.74) is 0.0827. The van der Waals surface area contributed by atoms with Crippen molar-refractivity contribution in [3.05, 3.63) is 64.6 Å². The zero-order chi connectivity index (χ0) is 26.6. The number of ketones is 1. The number of nitrogens with zero attached hydrogens (tertiary/aromatic N) is 5. The molecule has 0 aliphatic carbocycles. The van der Waals surface area contributed by atoms with E-state index in [1.165, 1.54) is 27.8 Å². The van der Waals surface area contributed by atoms with Gasteiger partial charge >= 0.3 is 6.09 Å². The SMILES string of the molecule is Cc1cn2cc(-c3cc(F)c4c(=O)n(C5CN(C(=O)OC(C)(C)C)CCC5=O)cnc4c3)cc(F)c2n1. The predicted octanol–water partition coefficient (Wildman–Crippen LogP) is 4.05. The Kier molecular flexibility index (Phi) is 5.81. The fraction of sp³-hybridized carbons (Fsp3) is 0.346. The Morgan fingerprint density at radius 3 is 2.54 bits per heavy atom. The van der Waals surface area contributed by atoms with Crippen LogP contribution >= 0.6 is 0 Å². The Balaban J connectivity index is 1.52. The second kappa shape index (κ2) is 8.75. The summed E-state index contributed by atoms with van der Waals surface area (Å²) in [5.74, 6) is -1.69. The second-order valence-corrected chi connectivity index (χ2v) is 10.2. The minimum absolute atomic E-state index is 0.0254. The number of fused-ring (bicyclic) bond motifs is 2. The average Bonchev–Trinajstić information content (AvgIpc) is 3.19. The molecule has 1 amide bonds. The van der Waals surface area contributed by atoms with Gasteiger partial charge in [-0.15, -0.1) is 0 Å². The molecule has 11 heteroatoms. The summed E-state index contributed by atoms with van der Waals surface area (Å²) < 4.78 is 37.9. The molecular formula is C26H25F2N5O4. The van der Waals surface area contributed by atoms with Crippen molar-refractivity contribution in [3.63, 3.8) is 0 Å². The number of imidazole rings is 1. The van der Waals surface area contributed by atoms with Gasteiger partial charge in [-0.1, -0.05) is 0 Å². The molecule has 1 unspecified atom stereocenters. The summed E-state index contributed by atoms with van der Waals surface area (Å²) >= 11 is 0. The molecule has 0 spiro atoms. The Morgan fingerprint density at radius 1 is 1.08 bits per heavy atom. The minimum Gasteiger partial charge on any atom is -0.444 e. The molecule has 1 aliphatic rings. The van der Waals surface area contributed by atoms with Gasteiger partial charge < -0.3 is 14.0 Å². The molecular weight excluding hydrogens is 484 g/mol. The van der Waals surface area contributed by atoms with Crippen molar-refractivity contribution in [2.45, 2.75) is 45.8 Å². The molecule has 1 aliphatic heterocycles. The van der Waals surface area contributed by atoms with Crippen molar-refractivity contribution in [3.8, 4) is 11.1 Å². The fourth-order valence-electron chi connectivity index (χ4n) is 4.49. The first kappa shape index (κ1) is 24.5. The summed E-state index contributed by atoms with van der Waals surface area (Å²) in [7, 11) is 0. The van der Waals surface area contributed by atoms with E-state index in [4.69, 9.17) is 4.74 Å². The molecule has 192 valence electrons. The fourth-order valence-corrected chi connectivity index (χ4v) is 4.49. The van der Waals surface area contributed by atoms with Gasteiger partial charge in [0.05, 0.1) is 24.1 Å². The largest absolute Gasteiger partial charge is 0.444 e. The lowest BCUT2D eigenvalue weighted by Gasteiger charge is -2.33. The van der Waals surface area contributed by atoms with Gasteiger partial charge in [-0.3, -0.25) is 14.2 Å². The molecule has 1 aromatic carbocycles. The topological polar surface area (TPSA) is 98.8 Å². The summed E-state index contributed by atoms with van der Waals surface area (Å²) in [6, 6.07) is 2.85. The van der Waals surface area contributed by atoms with Crippen molar-refractivity contribution in [2.24, 2.45) is 0 Å². The quantitative estimate of drug-likeness (QED) is 0.404. The molecule has 3 aromatic heterocycles. The Hall–Kier alpha value is -4.15. The van der Waals surface area contributed by atoms with Crippen LogP contribution < -0.4 is 5.56 Å². The van der Waals surface area contributed by atoms with Crippen LogP contribution in [-0.2, 0) is 9.53 Å². The zero-order valence-electron chi connectivity index (χ0n) is 20.8. The molecule has 1 fully saturated rings. The number of rotatable bonds is 2. The lowest BCUT2D eigenvalue weighted by molar-refractivity contribution is -0.125. The maximum atomic E-state index is 15.3. The average molecular weight is 510 g/mol. The number of aryl methyl sites for hydroxylation is 1. The van der Waals surface area contributed by atoms with Crippen LogP contribution in [0.1, 0.15) is 38.9 Å². The lowest BCUT2D eigenvalue weighted by Crippen LogP contribution is -2.48. The van der Waals surface area contributed by atoms with E-state index in [-0.39, 0.29) is 41.8 Å². The molecule has 37 heavy (non-hydrogen) atoms. The Bertz CT molecular complexity index is 1640. The molecule has 0 N–H and O–H groups in total. The summed E-state index contributed by atoms with van der Waals surface area (Å²) in [6.07, 6.45) is 3.87. The van der Waals surface area contributed by atoms with Crippen LogP contribution in [0.25, 0.3) is 27.7 Å². The number of benzene rings is 1. The third-order valence-corrected chi connectivity index (χ3v) is 6.18. The third kappa shape index (κ3) is 4.56. The van der Waals surface area contributed by atoms with Crippen molar-refractivity contribution in [2.75, 3.05) is 13.1 Å². The Morgan fingerprint density at radius 2 is 1.81 bits per heavy atom. The number of likely N-dealkylation sites (tertiary alicyclic amines) is 1. The van der Waals surface area contributed by atoms with Crippen LogP contribution in [-0.4, -0.2) is 54.4 Å². The number of ether oxygens (including phenoxy) is 1. The maximum absolute atomic E-state index is 15.3. The summed E-state index contributed by atoms with van der Waals surface area (Å²) in [5, 5.41) is -0.298. The van der Waals surface area contributed by atoms with Crippen LogP contribution in [0.5, 0.6) is 0 Å². The highest BCUT2D eigenvalue weighted by Crippen LogP contribution is 2.27. The lowest BCUT2D eigenvalue weighted by atomic mass is 10.0. The molecule has 4 aromatic rings. The molecule has 0 bridgehead atoms. The summed E-state index contributed by atoms with van der Waals surface area (Å²) in [6.45, 7) is 7.00. The molecule has 5 rings (SSSR count). The highest BCUT2D eigenvalue weighted by atomic mass is 19.1. The van der Waals surface area contributed by atoms with Crippen LogP contribution in [0.15, 0.2) is 41.7 Å². The van der Waals surface area contributed by atoms with Gasteiger partial charge in [-0.05, 0) is 51.5 Å². The molecule has 0 radical (unpaired) electrons. The van der Waals surface area contributed by atoms with E-state index in [9.17, 15) is 18.8 Å². The standard InChI is InChI=1S/C26H25F2N5O4/c1-14-10-32-11-16(8-18(28)23(32)30-14)15-7-17(27)22-19(9-15)29-13-33(24(22)35)20-12-31(6-5-21(20)34)25(36)37-26(2,3)4/h7-11,13,20H,5-6,12H2,1-4H3. The molecule has 1 atom stereocenters. The van der Waals surface area contributed by atoms with Crippen LogP contribution in [0.2, 0.25) is 0 Å². The van der Waals surface area contributed by atoms with Crippen molar-refractivity contribution >= 4 is 28.4 Å². The number of carbonyl (C=O) groups is 2. The smallest absolute Gasteiger partial charge is 0.410 e. The summed E-state index contributed by atoms with van der Waals surface area (Å²) in [4.78, 5) is 48.2. The van der Waals surface area contributed by atoms with E-state index in [1.807, 2.05) is 0 Å². The number of piperidine rings is 1. The van der Waals surface area contributed by atoms with Crippen LogP contribution in [0.4, 0.5) is 13.6 Å². The van der Waals surface area contributed by atoms with Crippen molar-refractivity contribution in [1.82, 2.24) is 23.8 Å². The Labute approximate surface area is 210 Å². The van der Waals surface area contributed by atoms with Crippen LogP contribution in [0.3, 0.4) is 0 Å². The number of hydrogen-bond donors (Lipinski definition) is 0. The van der Waals surface area contributed by atoms with E-state index in [0.29, 0.717) is 16.8 Å². The molecule has 4 heterocycles. The van der Waals surface area contributed by atoms with Crippen LogP contribution in [0, 0.1) is 18.6 Å². The van der Waals surface area contributed by atoms with E-state index in [0.717, 1.165) is 10.6 Å². The van der Waals surface area contributed by atoms with E-state index >= 15 is 4.39 Å². The second-order valence-electron chi connectivity index (χ2n) is 10.2. The van der Waals surface area contributed by atoms with Gasteiger partial charge in [0.15, 0.2) is 17.2 Å². The third-order valence-electron chi connectivity index (χ3n) is 6.18. The monoisotopic (exact) mass is 509 g/mol. The van der Waals surface area contributed by atoms with Crippen molar-refractivity contribution < 1.29 is 23.1 Å². The first-order valence-corrected chi connectivity index (χ1v) is 11.8. The first-order valence-electron chi connectivity index (χ1n) is 11.8. The maximum Gasteiger partial charge on any atom is 0.410 e. The number of Topliss-reactive ketones (excluding diaryl/α,β-unsaturated/α-hetero) is 1. The molecule has 0 saturated carbocycles. The van der Waals surface area contributed by atoms with Gasteiger partial charge in [0.1, 0.15) is 22.8 Å². The number of amides is 1. The zero-order valence-corrected chi connectivity index (χ0v) is 20.8. The highest BCUT2D eigenvalue weighted by molar-refractivity contribution is 5.87. The normalized spacial score (nSPS) is 16.5. The number of carbonyl (C=O) groups excluding carboxylic acids is 2. The number of aromatic nitrogens is 4. The van der Waals surface area contributed by atoms with E-state index in [2.05, 4.69) is 9.97 Å². The number of pyridine rings is 1. The van der Waals surface area contributed by atoms with Crippen molar-refractivity contribution in [1.29, 1.82) is 0 Å². The van der Waals surface area contributed by atoms with Gasteiger partial charge in [0.25, 0.3) is 5.56 Å². The number of hydrogen-bond acceptors (Lipinski definition) is 6. The van der Waals surface area contributed by atoms with Gasteiger partial charge in [0, 0.05) is 30.9 Å². The molecule has 9 nitrogen and oxygen atoms in total.